The van der Waals surface area contributed by atoms with Gasteiger partial charge in [-0.1, -0.05) is 0 Å². The summed E-state index contributed by atoms with van der Waals surface area (Å²) in [5.74, 6) is -1.39. The Labute approximate surface area is 132 Å². The zero-order chi connectivity index (χ0) is 16.1. The minimum absolute atomic E-state index is 0.282. The van der Waals surface area contributed by atoms with Gasteiger partial charge in [0.05, 0.1) is 12.2 Å². The number of esters is 2. The first-order valence-electron chi connectivity index (χ1n) is 7.27. The van der Waals surface area contributed by atoms with E-state index in [4.69, 9.17) is 4.74 Å². The van der Waals surface area contributed by atoms with Crippen molar-refractivity contribution in [3.63, 3.8) is 0 Å². The molecule has 6 nitrogen and oxygen atoms in total. The molecule has 0 spiro atoms. The molecule has 0 atom stereocenters. The molecular formula is C15H19NO5S. The zero-order valence-corrected chi connectivity index (χ0v) is 13.5. The molecule has 0 unspecified atom stereocenters. The quantitative estimate of drug-likeness (QED) is 0.840. The lowest BCUT2D eigenvalue weighted by Crippen LogP contribution is -2.21. The molecule has 2 rings (SSSR count). The number of thiophene rings is 1. The second kappa shape index (κ2) is 7.40. The Kier molecular flexibility index (Phi) is 5.54. The van der Waals surface area contributed by atoms with Gasteiger partial charge in [-0.2, -0.15) is 0 Å². The van der Waals surface area contributed by atoms with Gasteiger partial charge < -0.3 is 14.8 Å². The third-order valence-electron chi connectivity index (χ3n) is 3.31. The van der Waals surface area contributed by atoms with Crippen LogP contribution in [0.3, 0.4) is 0 Å². The monoisotopic (exact) mass is 325 g/mol. The van der Waals surface area contributed by atoms with Crippen LogP contribution in [0.2, 0.25) is 0 Å². The topological polar surface area (TPSA) is 81.7 Å². The van der Waals surface area contributed by atoms with Gasteiger partial charge in [0.25, 0.3) is 5.91 Å². The first kappa shape index (κ1) is 16.5. The predicted molar refractivity (Wildman–Crippen MR) is 82.2 cm³/mol. The molecule has 0 aromatic carbocycles. The van der Waals surface area contributed by atoms with E-state index in [1.165, 1.54) is 18.3 Å². The van der Waals surface area contributed by atoms with E-state index >= 15 is 0 Å². The highest BCUT2D eigenvalue weighted by molar-refractivity contribution is 7.17. The fourth-order valence-electron chi connectivity index (χ4n) is 2.40. The molecule has 1 heterocycles. The highest BCUT2D eigenvalue weighted by Gasteiger charge is 2.27. The number of nitrogens with one attached hydrogen (secondary N) is 1. The van der Waals surface area contributed by atoms with Crippen molar-refractivity contribution in [2.75, 3.05) is 18.5 Å². The summed E-state index contributed by atoms with van der Waals surface area (Å²) < 4.78 is 9.77. The smallest absolute Gasteiger partial charge is 0.341 e. The van der Waals surface area contributed by atoms with Crippen LogP contribution in [0.15, 0.2) is 0 Å². The van der Waals surface area contributed by atoms with Crippen LogP contribution in [-0.4, -0.2) is 31.1 Å². The molecule has 1 aliphatic rings. The second-order valence-corrected chi connectivity index (χ2v) is 6.07. The molecule has 1 aromatic rings. The summed E-state index contributed by atoms with van der Waals surface area (Å²) in [6, 6.07) is 0. The summed E-state index contributed by atoms with van der Waals surface area (Å²) in [7, 11) is 0. The molecular weight excluding hydrogens is 306 g/mol. The van der Waals surface area contributed by atoms with Gasteiger partial charge in [-0.25, -0.2) is 4.79 Å². The first-order chi connectivity index (χ1) is 10.5. The molecule has 0 saturated carbocycles. The third kappa shape index (κ3) is 3.85. The number of carbonyl (C=O) groups excluding carboxylic acids is 3. The second-order valence-electron chi connectivity index (χ2n) is 4.96. The molecule has 0 fully saturated rings. The van der Waals surface area contributed by atoms with Crippen molar-refractivity contribution in [1.82, 2.24) is 0 Å². The maximum absolute atomic E-state index is 12.2. The molecule has 22 heavy (non-hydrogen) atoms. The number of anilines is 1. The zero-order valence-electron chi connectivity index (χ0n) is 12.7. The number of fused-ring (bicyclic) bond motifs is 1. The van der Waals surface area contributed by atoms with Gasteiger partial charge in [0.1, 0.15) is 5.00 Å². The lowest BCUT2D eigenvalue weighted by molar-refractivity contribution is -0.144. The van der Waals surface area contributed by atoms with Crippen LogP contribution in [0, 0.1) is 0 Å². The first-order valence-corrected chi connectivity index (χ1v) is 8.09. The molecule has 0 bridgehead atoms. The van der Waals surface area contributed by atoms with Crippen LogP contribution in [0.5, 0.6) is 0 Å². The summed E-state index contributed by atoms with van der Waals surface area (Å²) in [6.45, 7) is 2.90. The van der Waals surface area contributed by atoms with Gasteiger partial charge in [0.2, 0.25) is 0 Å². The minimum Gasteiger partial charge on any atom is -0.462 e. The van der Waals surface area contributed by atoms with E-state index in [2.05, 4.69) is 10.1 Å². The number of ether oxygens (including phenoxy) is 2. The number of hydrogen-bond acceptors (Lipinski definition) is 6. The van der Waals surface area contributed by atoms with E-state index in [-0.39, 0.29) is 13.2 Å². The molecule has 0 radical (unpaired) electrons. The molecule has 1 aliphatic carbocycles. The average molecular weight is 325 g/mol. The van der Waals surface area contributed by atoms with Gasteiger partial charge in [-0.05, 0) is 38.2 Å². The van der Waals surface area contributed by atoms with Gasteiger partial charge in [0.15, 0.2) is 6.61 Å². The van der Waals surface area contributed by atoms with E-state index in [1.807, 2.05) is 0 Å². The number of hydrogen-bond donors (Lipinski definition) is 1. The fraction of sp³-hybridized carbons (Fsp3) is 0.533. The van der Waals surface area contributed by atoms with Gasteiger partial charge >= 0.3 is 11.9 Å². The standard InChI is InChI=1S/C15H19NO5S/c1-3-20-15(19)13-10-6-4-5-7-11(10)22-14(13)16-12(18)8-21-9(2)17/h3-8H2,1-2H3,(H,16,18). The predicted octanol–water partition coefficient (Wildman–Crippen LogP) is 2.31. The maximum atomic E-state index is 12.2. The number of aryl methyl sites for hydroxylation is 1. The van der Waals surface area contributed by atoms with Crippen LogP contribution in [0.4, 0.5) is 5.00 Å². The Bertz CT molecular complexity index is 593. The third-order valence-corrected chi connectivity index (χ3v) is 4.52. The Morgan fingerprint density at radius 2 is 1.91 bits per heavy atom. The van der Waals surface area contributed by atoms with Gasteiger partial charge in [-0.15, -0.1) is 11.3 Å². The van der Waals surface area contributed by atoms with Crippen LogP contribution in [0.1, 0.15) is 47.5 Å². The molecule has 0 aliphatic heterocycles. The van der Waals surface area contributed by atoms with E-state index in [9.17, 15) is 14.4 Å². The molecule has 1 N–H and O–H groups in total. The van der Waals surface area contributed by atoms with Crippen molar-refractivity contribution in [2.24, 2.45) is 0 Å². The summed E-state index contributed by atoms with van der Waals surface area (Å²) in [4.78, 5) is 35.9. The van der Waals surface area contributed by atoms with Crippen molar-refractivity contribution < 1.29 is 23.9 Å². The molecule has 120 valence electrons. The largest absolute Gasteiger partial charge is 0.462 e. The molecule has 0 saturated heterocycles. The molecule has 7 heteroatoms. The van der Waals surface area contributed by atoms with Crippen molar-refractivity contribution in [3.05, 3.63) is 16.0 Å². The van der Waals surface area contributed by atoms with E-state index in [0.29, 0.717) is 10.6 Å². The van der Waals surface area contributed by atoms with Crippen molar-refractivity contribution in [3.8, 4) is 0 Å². The molecule has 1 amide bonds. The van der Waals surface area contributed by atoms with E-state index in [0.717, 1.165) is 36.1 Å². The lowest BCUT2D eigenvalue weighted by atomic mass is 9.95. The van der Waals surface area contributed by atoms with Crippen LogP contribution in [-0.2, 0) is 31.9 Å². The summed E-state index contributed by atoms with van der Waals surface area (Å²) in [6.07, 6.45) is 3.83. The Hall–Kier alpha value is -1.89. The van der Waals surface area contributed by atoms with Gasteiger partial charge in [0, 0.05) is 11.8 Å². The Morgan fingerprint density at radius 3 is 2.59 bits per heavy atom. The Balaban J connectivity index is 2.22. The van der Waals surface area contributed by atoms with E-state index < -0.39 is 17.8 Å². The van der Waals surface area contributed by atoms with Crippen molar-refractivity contribution in [2.45, 2.75) is 39.5 Å². The number of rotatable bonds is 5. The van der Waals surface area contributed by atoms with Crippen molar-refractivity contribution in [1.29, 1.82) is 0 Å². The molecule has 1 aromatic heterocycles. The highest BCUT2D eigenvalue weighted by Crippen LogP contribution is 2.38. The van der Waals surface area contributed by atoms with Crippen molar-refractivity contribution >= 4 is 34.2 Å². The Morgan fingerprint density at radius 1 is 1.18 bits per heavy atom. The average Bonchev–Trinajstić information content (AvgIpc) is 2.83. The number of carbonyl (C=O) groups is 3. The summed E-state index contributed by atoms with van der Waals surface area (Å²) in [5.41, 5.74) is 1.44. The summed E-state index contributed by atoms with van der Waals surface area (Å²) in [5, 5.41) is 3.15. The fourth-order valence-corrected chi connectivity index (χ4v) is 3.70. The van der Waals surface area contributed by atoms with Crippen LogP contribution >= 0.6 is 11.3 Å². The highest BCUT2D eigenvalue weighted by atomic mass is 32.1. The summed E-state index contributed by atoms with van der Waals surface area (Å²) >= 11 is 1.41. The minimum atomic E-state index is -0.522. The lowest BCUT2D eigenvalue weighted by Gasteiger charge is -2.12. The normalized spacial score (nSPS) is 13.2. The van der Waals surface area contributed by atoms with Crippen LogP contribution < -0.4 is 5.32 Å². The maximum Gasteiger partial charge on any atom is 0.341 e. The van der Waals surface area contributed by atoms with E-state index in [1.54, 1.807) is 6.92 Å². The van der Waals surface area contributed by atoms with Crippen LogP contribution in [0.25, 0.3) is 0 Å². The number of amides is 1. The SMILES string of the molecule is CCOC(=O)c1c(NC(=O)COC(C)=O)sc2c1CCCC2. The van der Waals surface area contributed by atoms with Gasteiger partial charge in [-0.3, -0.25) is 9.59 Å².